The molecule has 1 aliphatic rings. The summed E-state index contributed by atoms with van der Waals surface area (Å²) in [5.41, 5.74) is 5.86. The third-order valence-electron chi connectivity index (χ3n) is 4.31. The molecule has 0 aliphatic heterocycles. The van der Waals surface area contributed by atoms with Gasteiger partial charge < -0.3 is 15.4 Å². The van der Waals surface area contributed by atoms with E-state index in [0.717, 1.165) is 18.6 Å². The van der Waals surface area contributed by atoms with E-state index in [9.17, 15) is 4.79 Å². The van der Waals surface area contributed by atoms with Crippen molar-refractivity contribution >= 4 is 17.5 Å². The van der Waals surface area contributed by atoms with Crippen LogP contribution in [0.5, 0.6) is 5.75 Å². The minimum atomic E-state index is 0.0579. The highest BCUT2D eigenvalue weighted by atomic mass is 35.5. The Bertz CT molecular complexity index is 466. The minimum Gasteiger partial charge on any atom is -0.492 e. The first-order valence-corrected chi connectivity index (χ1v) is 7.75. The van der Waals surface area contributed by atoms with Gasteiger partial charge in [-0.05, 0) is 49.1 Å². The third kappa shape index (κ3) is 4.35. The summed E-state index contributed by atoms with van der Waals surface area (Å²) in [7, 11) is 1.82. The second-order valence-corrected chi connectivity index (χ2v) is 6.29. The van der Waals surface area contributed by atoms with E-state index in [0.29, 0.717) is 31.1 Å². The van der Waals surface area contributed by atoms with Crippen molar-refractivity contribution in [2.24, 2.45) is 11.1 Å². The molecule has 0 spiro atoms. The number of ether oxygens (including phenoxy) is 1. The molecule has 116 valence electrons. The van der Waals surface area contributed by atoms with Crippen LogP contribution in [0.4, 0.5) is 0 Å². The quantitative estimate of drug-likeness (QED) is 0.842. The number of benzene rings is 1. The smallest absolute Gasteiger partial charge is 0.223 e. The molecule has 0 atom stereocenters. The minimum absolute atomic E-state index is 0.0579. The average Bonchev–Trinajstić information content (AvgIpc) is 2.44. The lowest BCUT2D eigenvalue weighted by Crippen LogP contribution is -2.43. The predicted molar refractivity (Wildman–Crippen MR) is 84.5 cm³/mol. The highest BCUT2D eigenvalue weighted by molar-refractivity contribution is 6.30. The van der Waals surface area contributed by atoms with Gasteiger partial charge in [0.1, 0.15) is 12.4 Å². The SMILES string of the molecule is CN(CCOc1ccc(Cl)cc1)C(=O)CC1(CN)CCC1. The van der Waals surface area contributed by atoms with E-state index in [1.165, 1.54) is 6.42 Å². The first kappa shape index (κ1) is 16.1. The van der Waals surface area contributed by atoms with Crippen molar-refractivity contribution in [2.45, 2.75) is 25.7 Å². The molecule has 1 amide bonds. The van der Waals surface area contributed by atoms with E-state index in [4.69, 9.17) is 22.1 Å². The Morgan fingerprint density at radius 3 is 2.57 bits per heavy atom. The third-order valence-corrected chi connectivity index (χ3v) is 4.56. The number of hydrogen-bond donors (Lipinski definition) is 1. The maximum absolute atomic E-state index is 12.2. The number of nitrogens with two attached hydrogens (primary N) is 1. The summed E-state index contributed by atoms with van der Waals surface area (Å²) >= 11 is 5.81. The van der Waals surface area contributed by atoms with Crippen LogP contribution in [-0.4, -0.2) is 37.6 Å². The molecule has 0 bridgehead atoms. The summed E-state index contributed by atoms with van der Waals surface area (Å²) in [6, 6.07) is 7.21. The van der Waals surface area contributed by atoms with Crippen LogP contribution in [0, 0.1) is 5.41 Å². The van der Waals surface area contributed by atoms with Gasteiger partial charge in [-0.25, -0.2) is 0 Å². The van der Waals surface area contributed by atoms with E-state index >= 15 is 0 Å². The summed E-state index contributed by atoms with van der Waals surface area (Å²) in [6.07, 6.45) is 3.89. The Balaban J connectivity index is 1.72. The molecule has 0 radical (unpaired) electrons. The van der Waals surface area contributed by atoms with Gasteiger partial charge >= 0.3 is 0 Å². The maximum Gasteiger partial charge on any atom is 0.223 e. The number of hydrogen-bond acceptors (Lipinski definition) is 3. The maximum atomic E-state index is 12.2. The number of carbonyl (C=O) groups is 1. The van der Waals surface area contributed by atoms with Crippen LogP contribution >= 0.6 is 11.6 Å². The van der Waals surface area contributed by atoms with E-state index in [1.54, 1.807) is 17.0 Å². The van der Waals surface area contributed by atoms with Gasteiger partial charge in [-0.1, -0.05) is 18.0 Å². The highest BCUT2D eigenvalue weighted by Gasteiger charge is 2.38. The van der Waals surface area contributed by atoms with Crippen molar-refractivity contribution in [3.05, 3.63) is 29.3 Å². The summed E-state index contributed by atoms with van der Waals surface area (Å²) < 4.78 is 5.60. The monoisotopic (exact) mass is 310 g/mol. The Morgan fingerprint density at radius 1 is 1.38 bits per heavy atom. The highest BCUT2D eigenvalue weighted by Crippen LogP contribution is 2.43. The molecular weight excluding hydrogens is 288 g/mol. The molecule has 2 rings (SSSR count). The van der Waals surface area contributed by atoms with Gasteiger partial charge in [0.15, 0.2) is 0 Å². The fourth-order valence-corrected chi connectivity index (χ4v) is 2.67. The first-order valence-electron chi connectivity index (χ1n) is 7.37. The zero-order valence-corrected chi connectivity index (χ0v) is 13.2. The van der Waals surface area contributed by atoms with Crippen LogP contribution < -0.4 is 10.5 Å². The van der Waals surface area contributed by atoms with Gasteiger partial charge in [0, 0.05) is 18.5 Å². The van der Waals surface area contributed by atoms with E-state index in [2.05, 4.69) is 0 Å². The number of carbonyl (C=O) groups excluding carboxylic acids is 1. The normalized spacial score (nSPS) is 16.1. The topological polar surface area (TPSA) is 55.6 Å². The standard InChI is InChI=1S/C16H23ClN2O2/c1-19(15(20)11-16(12-18)7-2-8-16)9-10-21-14-5-3-13(17)4-6-14/h3-6H,2,7-12,18H2,1H3. The zero-order valence-electron chi connectivity index (χ0n) is 12.5. The number of amides is 1. The van der Waals surface area contributed by atoms with Crippen molar-refractivity contribution in [3.8, 4) is 5.75 Å². The van der Waals surface area contributed by atoms with Gasteiger partial charge in [-0.2, -0.15) is 0 Å². The van der Waals surface area contributed by atoms with Crippen molar-refractivity contribution in [3.63, 3.8) is 0 Å². The Kier molecular flexibility index (Phi) is 5.48. The number of nitrogens with zero attached hydrogens (tertiary/aromatic N) is 1. The molecule has 0 heterocycles. The average molecular weight is 311 g/mol. The number of likely N-dealkylation sites (N-methyl/N-ethyl adjacent to an activating group) is 1. The Morgan fingerprint density at radius 2 is 2.05 bits per heavy atom. The largest absolute Gasteiger partial charge is 0.492 e. The second-order valence-electron chi connectivity index (χ2n) is 5.85. The van der Waals surface area contributed by atoms with Gasteiger partial charge in [-0.15, -0.1) is 0 Å². The van der Waals surface area contributed by atoms with Crippen LogP contribution in [0.2, 0.25) is 5.02 Å². The van der Waals surface area contributed by atoms with Crippen LogP contribution in [0.25, 0.3) is 0 Å². The molecule has 0 saturated heterocycles. The molecule has 4 nitrogen and oxygen atoms in total. The van der Waals surface area contributed by atoms with Crippen molar-refractivity contribution in [2.75, 3.05) is 26.7 Å². The molecule has 0 aromatic heterocycles. The summed E-state index contributed by atoms with van der Waals surface area (Å²) in [4.78, 5) is 13.9. The lowest BCUT2D eigenvalue weighted by Gasteiger charge is -2.41. The van der Waals surface area contributed by atoms with E-state index in [1.807, 2.05) is 19.2 Å². The van der Waals surface area contributed by atoms with E-state index in [-0.39, 0.29) is 11.3 Å². The molecule has 1 saturated carbocycles. The van der Waals surface area contributed by atoms with Crippen molar-refractivity contribution in [1.29, 1.82) is 0 Å². The molecule has 2 N–H and O–H groups in total. The lowest BCUT2D eigenvalue weighted by molar-refractivity contribution is -0.134. The summed E-state index contributed by atoms with van der Waals surface area (Å²) in [6.45, 7) is 1.65. The van der Waals surface area contributed by atoms with E-state index < -0.39 is 0 Å². The number of rotatable bonds is 7. The molecule has 1 aromatic carbocycles. The molecule has 1 aromatic rings. The molecular formula is C16H23ClN2O2. The number of halogens is 1. The fraction of sp³-hybridized carbons (Fsp3) is 0.562. The Labute approximate surface area is 131 Å². The van der Waals surface area contributed by atoms with Crippen LogP contribution in [0.3, 0.4) is 0 Å². The van der Waals surface area contributed by atoms with Crippen molar-refractivity contribution < 1.29 is 9.53 Å². The summed E-state index contributed by atoms with van der Waals surface area (Å²) in [5, 5.41) is 0.683. The molecule has 0 unspecified atom stereocenters. The van der Waals surface area contributed by atoms with Crippen LogP contribution in [-0.2, 0) is 4.79 Å². The lowest BCUT2D eigenvalue weighted by atomic mass is 9.66. The molecule has 5 heteroatoms. The second kappa shape index (κ2) is 7.14. The van der Waals surface area contributed by atoms with Gasteiger partial charge in [0.25, 0.3) is 0 Å². The zero-order chi connectivity index (χ0) is 15.3. The van der Waals surface area contributed by atoms with Crippen LogP contribution in [0.15, 0.2) is 24.3 Å². The molecule has 21 heavy (non-hydrogen) atoms. The fourth-order valence-electron chi connectivity index (χ4n) is 2.54. The van der Waals surface area contributed by atoms with Gasteiger partial charge in [0.05, 0.1) is 6.54 Å². The Hall–Kier alpha value is -1.26. The van der Waals surface area contributed by atoms with Crippen LogP contribution in [0.1, 0.15) is 25.7 Å². The van der Waals surface area contributed by atoms with Gasteiger partial charge in [0.2, 0.25) is 5.91 Å². The van der Waals surface area contributed by atoms with Crippen molar-refractivity contribution in [1.82, 2.24) is 4.90 Å². The predicted octanol–water partition coefficient (Wildman–Crippen LogP) is 2.70. The molecule has 1 fully saturated rings. The molecule has 1 aliphatic carbocycles. The first-order chi connectivity index (χ1) is 10.0. The van der Waals surface area contributed by atoms with Gasteiger partial charge in [-0.3, -0.25) is 4.79 Å². The summed E-state index contributed by atoms with van der Waals surface area (Å²) in [5.74, 6) is 0.914.